The monoisotopic (exact) mass is 302 g/mol. The first kappa shape index (κ1) is 14.3. The van der Waals surface area contributed by atoms with Gasteiger partial charge in [-0.25, -0.2) is 0 Å². The molecule has 2 rings (SSSR count). The number of anilines is 1. The molecule has 0 bridgehead atoms. The second-order valence-corrected chi connectivity index (χ2v) is 5.41. The molecule has 0 aliphatic carbocycles. The molecule has 1 unspecified atom stereocenters. The number of amides is 1. The second kappa shape index (κ2) is 5.88. The van der Waals surface area contributed by atoms with Crippen LogP contribution in [-0.4, -0.2) is 30.0 Å². The molecule has 6 heteroatoms. The van der Waals surface area contributed by atoms with Crippen LogP contribution in [0.2, 0.25) is 10.0 Å². The number of benzene rings is 1. The number of carbonyl (C=O) groups is 1. The summed E-state index contributed by atoms with van der Waals surface area (Å²) >= 11 is 11.8. The van der Waals surface area contributed by atoms with Gasteiger partial charge in [-0.05, 0) is 25.8 Å². The third-order valence-corrected chi connectivity index (χ3v) is 3.84. The van der Waals surface area contributed by atoms with Crippen molar-refractivity contribution in [3.63, 3.8) is 0 Å². The molecule has 104 valence electrons. The molecule has 1 aliphatic rings. The molecule has 1 saturated heterocycles. The number of hydrogen-bond acceptors (Lipinski definition) is 3. The van der Waals surface area contributed by atoms with Gasteiger partial charge in [0.1, 0.15) is 5.75 Å². The molecule has 1 atom stereocenters. The minimum Gasteiger partial charge on any atom is -0.479 e. The zero-order chi connectivity index (χ0) is 14.0. The molecule has 4 nitrogen and oxygen atoms in total. The largest absolute Gasteiger partial charge is 0.479 e. The highest BCUT2D eigenvalue weighted by Crippen LogP contribution is 2.33. The summed E-state index contributed by atoms with van der Waals surface area (Å²) in [6.07, 6.45) is 1.51. The summed E-state index contributed by atoms with van der Waals surface area (Å²) in [4.78, 5) is 13.9. The van der Waals surface area contributed by atoms with Gasteiger partial charge in [0.05, 0.1) is 15.7 Å². The van der Waals surface area contributed by atoms with Crippen LogP contribution in [0, 0.1) is 0 Å². The van der Waals surface area contributed by atoms with Gasteiger partial charge in [-0.15, -0.1) is 0 Å². The number of ether oxygens (including phenoxy) is 1. The Morgan fingerprint density at radius 1 is 1.32 bits per heavy atom. The van der Waals surface area contributed by atoms with Gasteiger partial charge in [0.25, 0.3) is 5.91 Å². The average molecular weight is 303 g/mol. The molecule has 1 heterocycles. The van der Waals surface area contributed by atoms with Gasteiger partial charge in [-0.3, -0.25) is 4.79 Å². The number of nitrogen functional groups attached to an aromatic ring is 1. The third-order valence-electron chi connectivity index (χ3n) is 3.12. The van der Waals surface area contributed by atoms with Crippen molar-refractivity contribution in [2.24, 2.45) is 0 Å². The van der Waals surface area contributed by atoms with E-state index in [0.717, 1.165) is 25.9 Å². The Balaban J connectivity index is 2.08. The molecule has 1 aliphatic heterocycles. The van der Waals surface area contributed by atoms with E-state index in [1.807, 2.05) is 0 Å². The van der Waals surface area contributed by atoms with Crippen LogP contribution in [0.3, 0.4) is 0 Å². The maximum atomic E-state index is 12.1. The van der Waals surface area contributed by atoms with E-state index in [4.69, 9.17) is 33.7 Å². The van der Waals surface area contributed by atoms with E-state index < -0.39 is 6.10 Å². The highest BCUT2D eigenvalue weighted by atomic mass is 35.5. The van der Waals surface area contributed by atoms with E-state index in [1.165, 1.54) is 12.1 Å². The van der Waals surface area contributed by atoms with Crippen LogP contribution >= 0.6 is 23.2 Å². The minimum absolute atomic E-state index is 0.0250. The Hall–Kier alpha value is -1.13. The maximum absolute atomic E-state index is 12.1. The van der Waals surface area contributed by atoms with Crippen molar-refractivity contribution in [3.05, 3.63) is 22.2 Å². The first-order chi connectivity index (χ1) is 8.99. The molecule has 2 N–H and O–H groups in total. The van der Waals surface area contributed by atoms with Crippen molar-refractivity contribution < 1.29 is 9.53 Å². The van der Waals surface area contributed by atoms with Gasteiger partial charge in [-0.2, -0.15) is 0 Å². The summed E-state index contributed by atoms with van der Waals surface area (Å²) in [6.45, 7) is 3.30. The Morgan fingerprint density at radius 3 is 2.53 bits per heavy atom. The molecular weight excluding hydrogens is 287 g/mol. The van der Waals surface area contributed by atoms with Crippen LogP contribution in [0.4, 0.5) is 5.69 Å². The lowest BCUT2D eigenvalue weighted by molar-refractivity contribution is -0.136. The van der Waals surface area contributed by atoms with E-state index in [9.17, 15) is 4.79 Å². The van der Waals surface area contributed by atoms with Crippen LogP contribution in [0.1, 0.15) is 19.8 Å². The Kier molecular flexibility index (Phi) is 4.42. The van der Waals surface area contributed by atoms with Crippen molar-refractivity contribution in [1.29, 1.82) is 0 Å². The second-order valence-electron chi connectivity index (χ2n) is 4.60. The van der Waals surface area contributed by atoms with Crippen molar-refractivity contribution in [3.8, 4) is 5.75 Å². The highest BCUT2D eigenvalue weighted by Gasteiger charge is 2.25. The summed E-state index contributed by atoms with van der Waals surface area (Å²) in [6, 6.07) is 3.05. The normalized spacial score (nSPS) is 16.5. The van der Waals surface area contributed by atoms with Gasteiger partial charge >= 0.3 is 0 Å². The van der Waals surface area contributed by atoms with E-state index in [2.05, 4.69) is 0 Å². The predicted molar refractivity (Wildman–Crippen MR) is 76.8 cm³/mol. The van der Waals surface area contributed by atoms with Gasteiger partial charge < -0.3 is 15.4 Å². The molecule has 0 saturated carbocycles. The van der Waals surface area contributed by atoms with E-state index >= 15 is 0 Å². The average Bonchev–Trinajstić information content (AvgIpc) is 2.88. The number of nitrogens with two attached hydrogens (primary N) is 1. The summed E-state index contributed by atoms with van der Waals surface area (Å²) < 4.78 is 5.60. The number of rotatable bonds is 3. The molecular formula is C13H16Cl2N2O2. The Morgan fingerprint density at radius 2 is 1.89 bits per heavy atom. The van der Waals surface area contributed by atoms with E-state index in [-0.39, 0.29) is 5.91 Å². The standard InChI is InChI=1S/C13H16Cl2N2O2/c1-8(13(18)17-4-2-3-5-17)19-12-7-10(15)9(14)6-11(12)16/h6-8H,2-5,16H2,1H3. The van der Waals surface area contributed by atoms with Gasteiger partial charge in [0.2, 0.25) is 0 Å². The topological polar surface area (TPSA) is 55.6 Å². The minimum atomic E-state index is -0.586. The quantitative estimate of drug-likeness (QED) is 0.873. The molecule has 1 aromatic rings. The van der Waals surface area contributed by atoms with E-state index in [0.29, 0.717) is 21.5 Å². The predicted octanol–water partition coefficient (Wildman–Crippen LogP) is 2.97. The molecule has 1 aromatic carbocycles. The van der Waals surface area contributed by atoms with Crippen molar-refractivity contribution in [1.82, 2.24) is 4.90 Å². The maximum Gasteiger partial charge on any atom is 0.263 e. The lowest BCUT2D eigenvalue weighted by Crippen LogP contribution is -2.38. The van der Waals surface area contributed by atoms with Crippen LogP contribution in [0.25, 0.3) is 0 Å². The molecule has 1 fully saturated rings. The van der Waals surface area contributed by atoms with Crippen LogP contribution < -0.4 is 10.5 Å². The molecule has 1 amide bonds. The summed E-state index contributed by atoms with van der Waals surface area (Å²) in [5, 5.41) is 0.719. The number of halogens is 2. The molecule has 0 aromatic heterocycles. The lowest BCUT2D eigenvalue weighted by atomic mass is 10.3. The lowest BCUT2D eigenvalue weighted by Gasteiger charge is -2.22. The first-order valence-corrected chi connectivity index (χ1v) is 6.94. The van der Waals surface area contributed by atoms with Crippen molar-refractivity contribution in [2.75, 3.05) is 18.8 Å². The third kappa shape index (κ3) is 3.25. The first-order valence-electron chi connectivity index (χ1n) is 6.19. The van der Waals surface area contributed by atoms with Crippen molar-refractivity contribution in [2.45, 2.75) is 25.9 Å². The smallest absolute Gasteiger partial charge is 0.263 e. The van der Waals surface area contributed by atoms with Crippen LogP contribution in [-0.2, 0) is 4.79 Å². The Labute approximate surface area is 122 Å². The van der Waals surface area contributed by atoms with Gasteiger partial charge in [0.15, 0.2) is 6.10 Å². The fourth-order valence-corrected chi connectivity index (χ4v) is 2.41. The van der Waals surface area contributed by atoms with Crippen LogP contribution in [0.15, 0.2) is 12.1 Å². The molecule has 0 spiro atoms. The summed E-state index contributed by atoms with van der Waals surface area (Å²) in [7, 11) is 0. The number of hydrogen-bond donors (Lipinski definition) is 1. The summed E-state index contributed by atoms with van der Waals surface area (Å²) in [5.74, 6) is 0.359. The van der Waals surface area contributed by atoms with E-state index in [1.54, 1.807) is 11.8 Å². The number of nitrogens with zero attached hydrogens (tertiary/aromatic N) is 1. The van der Waals surface area contributed by atoms with Crippen molar-refractivity contribution >= 4 is 34.8 Å². The fraction of sp³-hybridized carbons (Fsp3) is 0.462. The Bertz CT molecular complexity index is 488. The fourth-order valence-electron chi connectivity index (χ4n) is 2.08. The zero-order valence-electron chi connectivity index (χ0n) is 10.7. The SMILES string of the molecule is CC(Oc1cc(Cl)c(Cl)cc1N)C(=O)N1CCCC1. The van der Waals surface area contributed by atoms with Crippen LogP contribution in [0.5, 0.6) is 5.75 Å². The molecule has 0 radical (unpaired) electrons. The number of likely N-dealkylation sites (tertiary alicyclic amines) is 1. The molecule has 19 heavy (non-hydrogen) atoms. The zero-order valence-corrected chi connectivity index (χ0v) is 12.2. The van der Waals surface area contributed by atoms with Gasteiger partial charge in [-0.1, -0.05) is 23.2 Å². The number of carbonyl (C=O) groups excluding carboxylic acids is 1. The summed E-state index contributed by atoms with van der Waals surface area (Å²) in [5.41, 5.74) is 6.17. The highest BCUT2D eigenvalue weighted by molar-refractivity contribution is 6.42. The van der Waals surface area contributed by atoms with Gasteiger partial charge in [0, 0.05) is 19.2 Å².